The molecule has 3 rings (SSSR count). The second-order valence-electron chi connectivity index (χ2n) is 6.81. The van der Waals surface area contributed by atoms with Crippen molar-refractivity contribution >= 4 is 15.7 Å². The lowest BCUT2D eigenvalue weighted by Crippen LogP contribution is -2.44. The van der Waals surface area contributed by atoms with Crippen molar-refractivity contribution < 1.29 is 22.7 Å². The number of ether oxygens (including phenoxy) is 2. The fraction of sp³-hybridized carbons (Fsp3) is 0.381. The molecule has 0 radical (unpaired) electrons. The van der Waals surface area contributed by atoms with Crippen molar-refractivity contribution in [2.24, 2.45) is 0 Å². The average molecular weight is 404 g/mol. The molecular formula is C21H25NO5S. The van der Waals surface area contributed by atoms with Crippen molar-refractivity contribution in [3.05, 3.63) is 60.2 Å². The van der Waals surface area contributed by atoms with Crippen molar-refractivity contribution in [2.45, 2.75) is 23.8 Å². The molecule has 0 aliphatic carbocycles. The molecule has 1 heterocycles. The molecule has 0 bridgehead atoms. The van der Waals surface area contributed by atoms with Crippen LogP contribution in [0.15, 0.2) is 54.6 Å². The Bertz CT molecular complexity index is 890. The highest BCUT2D eigenvalue weighted by Gasteiger charge is 2.31. The fourth-order valence-corrected chi connectivity index (χ4v) is 5.18. The number of para-hydroxylation sites is 2. The summed E-state index contributed by atoms with van der Waals surface area (Å²) in [5, 5.41) is -0.410. The summed E-state index contributed by atoms with van der Waals surface area (Å²) >= 11 is 0. The minimum absolute atomic E-state index is 0.0450. The van der Waals surface area contributed by atoms with Crippen LogP contribution in [0.3, 0.4) is 0 Å². The summed E-state index contributed by atoms with van der Waals surface area (Å²) in [6.07, 6.45) is 0.908. The van der Waals surface area contributed by atoms with Gasteiger partial charge >= 0.3 is 0 Å². The van der Waals surface area contributed by atoms with E-state index in [1.54, 1.807) is 24.1 Å². The van der Waals surface area contributed by atoms with Gasteiger partial charge in [0.15, 0.2) is 27.9 Å². The molecule has 1 saturated heterocycles. The first-order valence-corrected chi connectivity index (χ1v) is 11.0. The van der Waals surface area contributed by atoms with Crippen LogP contribution in [-0.2, 0) is 20.4 Å². The number of piperidine rings is 1. The first kappa shape index (κ1) is 20.2. The van der Waals surface area contributed by atoms with Gasteiger partial charge in [0.05, 0.1) is 18.1 Å². The number of carbonyl (C=O) groups is 1. The number of nitrogens with zero attached hydrogens (tertiary/aromatic N) is 1. The lowest BCUT2D eigenvalue weighted by atomic mass is 10.1. The van der Waals surface area contributed by atoms with E-state index in [-0.39, 0.29) is 18.3 Å². The minimum atomic E-state index is -3.24. The van der Waals surface area contributed by atoms with Gasteiger partial charge in [-0.1, -0.05) is 42.5 Å². The van der Waals surface area contributed by atoms with Crippen LogP contribution >= 0.6 is 0 Å². The van der Waals surface area contributed by atoms with E-state index in [9.17, 15) is 13.2 Å². The molecule has 2 aromatic rings. The Hall–Kier alpha value is -2.54. The van der Waals surface area contributed by atoms with Crippen molar-refractivity contribution in [3.63, 3.8) is 0 Å². The van der Waals surface area contributed by atoms with Crippen LogP contribution in [0.25, 0.3) is 0 Å². The van der Waals surface area contributed by atoms with Gasteiger partial charge in [-0.3, -0.25) is 4.79 Å². The number of hydrogen-bond donors (Lipinski definition) is 0. The zero-order chi connectivity index (χ0) is 20.0. The Balaban J connectivity index is 1.51. The molecule has 1 aliphatic rings. The SMILES string of the molecule is COc1ccccc1OCC(=O)N1CCC(S(=O)(=O)Cc2ccccc2)CC1. The van der Waals surface area contributed by atoms with E-state index in [0.717, 1.165) is 5.56 Å². The maximum Gasteiger partial charge on any atom is 0.260 e. The molecule has 6 nitrogen and oxygen atoms in total. The lowest BCUT2D eigenvalue weighted by Gasteiger charge is -2.31. The number of amides is 1. The molecule has 0 aromatic heterocycles. The number of benzene rings is 2. The first-order chi connectivity index (χ1) is 13.5. The number of hydrogen-bond acceptors (Lipinski definition) is 5. The number of likely N-dealkylation sites (tertiary alicyclic amines) is 1. The van der Waals surface area contributed by atoms with Crippen molar-refractivity contribution in [3.8, 4) is 11.5 Å². The van der Waals surface area contributed by atoms with E-state index in [1.165, 1.54) is 0 Å². The topological polar surface area (TPSA) is 72.9 Å². The lowest BCUT2D eigenvalue weighted by molar-refractivity contribution is -0.134. The van der Waals surface area contributed by atoms with Crippen LogP contribution in [0, 0.1) is 0 Å². The predicted molar refractivity (Wildman–Crippen MR) is 107 cm³/mol. The Morgan fingerprint density at radius 3 is 2.25 bits per heavy atom. The van der Waals surface area contributed by atoms with Crippen LogP contribution in [-0.4, -0.2) is 51.3 Å². The van der Waals surface area contributed by atoms with Gasteiger partial charge in [-0.25, -0.2) is 8.42 Å². The predicted octanol–water partition coefficient (Wildman–Crippen LogP) is 2.68. The fourth-order valence-electron chi connectivity index (χ4n) is 3.36. The third-order valence-electron chi connectivity index (χ3n) is 4.93. The third kappa shape index (κ3) is 5.04. The van der Waals surface area contributed by atoms with Gasteiger partial charge in [-0.15, -0.1) is 0 Å². The Morgan fingerprint density at radius 2 is 1.61 bits per heavy atom. The zero-order valence-corrected chi connectivity index (χ0v) is 16.7. The molecule has 0 atom stereocenters. The summed E-state index contributed by atoms with van der Waals surface area (Å²) in [5.41, 5.74) is 0.797. The normalized spacial score (nSPS) is 15.2. The van der Waals surface area contributed by atoms with Crippen molar-refractivity contribution in [2.75, 3.05) is 26.8 Å². The highest BCUT2D eigenvalue weighted by Crippen LogP contribution is 2.26. The summed E-state index contributed by atoms with van der Waals surface area (Å²) in [5.74, 6) is 0.980. The summed E-state index contributed by atoms with van der Waals surface area (Å²) in [7, 11) is -1.69. The molecule has 0 unspecified atom stereocenters. The summed E-state index contributed by atoms with van der Waals surface area (Å²) < 4.78 is 36.1. The standard InChI is InChI=1S/C21H25NO5S/c1-26-19-9-5-6-10-20(19)27-15-21(23)22-13-11-18(12-14-22)28(24,25)16-17-7-3-2-4-8-17/h2-10,18H,11-16H2,1H3. The van der Waals surface area contributed by atoms with Crippen LogP contribution in [0.2, 0.25) is 0 Å². The van der Waals surface area contributed by atoms with E-state index >= 15 is 0 Å². The van der Waals surface area contributed by atoms with Gasteiger partial charge < -0.3 is 14.4 Å². The van der Waals surface area contributed by atoms with E-state index in [2.05, 4.69) is 0 Å². The molecular weight excluding hydrogens is 378 g/mol. The second kappa shape index (κ2) is 9.10. The maximum atomic E-state index is 12.7. The van der Waals surface area contributed by atoms with E-state index < -0.39 is 15.1 Å². The Kier molecular flexibility index (Phi) is 6.57. The van der Waals surface area contributed by atoms with Gasteiger partial charge in [0.25, 0.3) is 5.91 Å². The zero-order valence-electron chi connectivity index (χ0n) is 15.9. The molecule has 1 aliphatic heterocycles. The van der Waals surface area contributed by atoms with Crippen LogP contribution in [0.4, 0.5) is 0 Å². The van der Waals surface area contributed by atoms with Crippen LogP contribution in [0.5, 0.6) is 11.5 Å². The van der Waals surface area contributed by atoms with Gasteiger partial charge in [0.2, 0.25) is 0 Å². The summed E-state index contributed by atoms with van der Waals surface area (Å²) in [6, 6.07) is 16.4. The quantitative estimate of drug-likeness (QED) is 0.711. The third-order valence-corrected chi connectivity index (χ3v) is 7.16. The van der Waals surface area contributed by atoms with Gasteiger partial charge in [-0.2, -0.15) is 0 Å². The van der Waals surface area contributed by atoms with E-state index in [4.69, 9.17) is 9.47 Å². The van der Waals surface area contributed by atoms with Gasteiger partial charge in [0, 0.05) is 13.1 Å². The Morgan fingerprint density at radius 1 is 1.00 bits per heavy atom. The van der Waals surface area contributed by atoms with Gasteiger partial charge in [0.1, 0.15) is 0 Å². The van der Waals surface area contributed by atoms with Gasteiger partial charge in [-0.05, 0) is 30.5 Å². The molecule has 0 N–H and O–H groups in total. The molecule has 2 aromatic carbocycles. The molecule has 1 amide bonds. The molecule has 28 heavy (non-hydrogen) atoms. The van der Waals surface area contributed by atoms with E-state index in [1.807, 2.05) is 42.5 Å². The maximum absolute atomic E-state index is 12.7. The van der Waals surface area contributed by atoms with Crippen LogP contribution in [0.1, 0.15) is 18.4 Å². The number of sulfone groups is 1. The largest absolute Gasteiger partial charge is 0.493 e. The van der Waals surface area contributed by atoms with Crippen molar-refractivity contribution in [1.29, 1.82) is 0 Å². The molecule has 1 fully saturated rings. The second-order valence-corrected chi connectivity index (χ2v) is 9.09. The molecule has 7 heteroatoms. The van der Waals surface area contributed by atoms with Crippen LogP contribution < -0.4 is 9.47 Å². The minimum Gasteiger partial charge on any atom is -0.493 e. The molecule has 0 saturated carbocycles. The smallest absolute Gasteiger partial charge is 0.260 e. The summed E-state index contributed by atoms with van der Waals surface area (Å²) in [4.78, 5) is 14.1. The summed E-state index contributed by atoms with van der Waals surface area (Å²) in [6.45, 7) is 0.751. The molecule has 150 valence electrons. The van der Waals surface area contributed by atoms with E-state index in [0.29, 0.717) is 37.4 Å². The first-order valence-electron chi connectivity index (χ1n) is 9.28. The Labute approximate surface area is 166 Å². The molecule has 0 spiro atoms. The highest BCUT2D eigenvalue weighted by molar-refractivity contribution is 7.91. The number of rotatable bonds is 7. The number of methoxy groups -OCH3 is 1. The number of carbonyl (C=O) groups excluding carboxylic acids is 1. The average Bonchev–Trinajstić information content (AvgIpc) is 2.72. The van der Waals surface area contributed by atoms with Crippen molar-refractivity contribution in [1.82, 2.24) is 4.90 Å². The monoisotopic (exact) mass is 403 g/mol. The highest BCUT2D eigenvalue weighted by atomic mass is 32.2.